The van der Waals surface area contributed by atoms with Gasteiger partial charge in [-0.1, -0.05) is 78.3 Å². The minimum Gasteiger partial charge on any atom is -0.325 e. The zero-order valence-corrected chi connectivity index (χ0v) is 21.2. The van der Waals surface area contributed by atoms with Crippen molar-refractivity contribution in [3.63, 3.8) is 0 Å². The highest BCUT2D eigenvalue weighted by Gasteiger charge is 2.23. The van der Waals surface area contributed by atoms with Gasteiger partial charge in [0.25, 0.3) is 0 Å². The van der Waals surface area contributed by atoms with E-state index in [9.17, 15) is 9.59 Å². The third kappa shape index (κ3) is 7.11. The SMILES string of the molecule is Cc1ccc(Cl)cc1NC(=O)C(Sc1ccc(NC(=O)/C=C/c2ccccc2)cc1)c1ccccc1. The lowest BCUT2D eigenvalue weighted by molar-refractivity contribution is -0.116. The molecule has 2 N–H and O–H groups in total. The van der Waals surface area contributed by atoms with Gasteiger partial charge in [-0.2, -0.15) is 0 Å². The van der Waals surface area contributed by atoms with E-state index in [0.717, 1.165) is 21.6 Å². The molecule has 1 unspecified atom stereocenters. The van der Waals surface area contributed by atoms with Crippen molar-refractivity contribution < 1.29 is 9.59 Å². The van der Waals surface area contributed by atoms with E-state index in [2.05, 4.69) is 10.6 Å². The minimum atomic E-state index is -0.473. The Bertz CT molecular complexity index is 1360. The van der Waals surface area contributed by atoms with Crippen molar-refractivity contribution in [2.24, 2.45) is 0 Å². The smallest absolute Gasteiger partial charge is 0.248 e. The lowest BCUT2D eigenvalue weighted by Gasteiger charge is -2.18. The predicted molar refractivity (Wildman–Crippen MR) is 150 cm³/mol. The van der Waals surface area contributed by atoms with Crippen molar-refractivity contribution in [3.8, 4) is 0 Å². The first-order chi connectivity index (χ1) is 17.5. The van der Waals surface area contributed by atoms with E-state index in [1.165, 1.54) is 17.8 Å². The van der Waals surface area contributed by atoms with Gasteiger partial charge in [0.1, 0.15) is 5.25 Å². The number of carbonyl (C=O) groups is 2. The van der Waals surface area contributed by atoms with E-state index >= 15 is 0 Å². The molecular weight excluding hydrogens is 488 g/mol. The molecule has 0 aliphatic heterocycles. The first-order valence-electron chi connectivity index (χ1n) is 11.4. The van der Waals surface area contributed by atoms with Gasteiger partial charge < -0.3 is 10.6 Å². The van der Waals surface area contributed by atoms with Gasteiger partial charge in [-0.15, -0.1) is 11.8 Å². The number of aryl methyl sites for hydroxylation is 1. The Morgan fingerprint density at radius 3 is 2.19 bits per heavy atom. The van der Waals surface area contributed by atoms with E-state index in [1.807, 2.05) is 97.9 Å². The molecule has 2 amide bonds. The molecule has 0 aliphatic carbocycles. The van der Waals surface area contributed by atoms with Gasteiger partial charge in [-0.05, 0) is 66.1 Å². The summed E-state index contributed by atoms with van der Waals surface area (Å²) in [7, 11) is 0. The van der Waals surface area contributed by atoms with Crippen LogP contribution in [0, 0.1) is 6.92 Å². The number of thioether (sulfide) groups is 1. The summed E-state index contributed by atoms with van der Waals surface area (Å²) in [5.74, 6) is -0.349. The van der Waals surface area contributed by atoms with Gasteiger partial charge in [0.2, 0.25) is 11.8 Å². The average molecular weight is 513 g/mol. The molecule has 4 rings (SSSR count). The van der Waals surface area contributed by atoms with Crippen LogP contribution in [0.2, 0.25) is 5.02 Å². The number of amides is 2. The zero-order chi connectivity index (χ0) is 25.3. The molecule has 0 spiro atoms. The first kappa shape index (κ1) is 25.3. The van der Waals surface area contributed by atoms with E-state index in [4.69, 9.17) is 11.6 Å². The van der Waals surface area contributed by atoms with Crippen LogP contribution in [-0.4, -0.2) is 11.8 Å². The predicted octanol–water partition coefficient (Wildman–Crippen LogP) is 7.77. The summed E-state index contributed by atoms with van der Waals surface area (Å²) in [6.45, 7) is 1.93. The monoisotopic (exact) mass is 512 g/mol. The summed E-state index contributed by atoms with van der Waals surface area (Å²) >= 11 is 7.58. The molecule has 36 heavy (non-hydrogen) atoms. The summed E-state index contributed by atoms with van der Waals surface area (Å²) < 4.78 is 0. The van der Waals surface area contributed by atoms with Gasteiger partial charge in [-0.25, -0.2) is 0 Å². The number of halogens is 1. The molecule has 4 aromatic rings. The van der Waals surface area contributed by atoms with Gasteiger partial charge in [0.05, 0.1) is 0 Å². The fraction of sp³-hybridized carbons (Fsp3) is 0.0667. The van der Waals surface area contributed by atoms with Crippen LogP contribution in [0.3, 0.4) is 0 Å². The number of rotatable bonds is 8. The van der Waals surface area contributed by atoms with Gasteiger partial charge >= 0.3 is 0 Å². The Labute approximate surface area is 220 Å². The molecule has 0 aromatic heterocycles. The Kier molecular flexibility index (Phi) is 8.61. The van der Waals surface area contributed by atoms with Gasteiger partial charge in [0.15, 0.2) is 0 Å². The molecule has 0 bridgehead atoms. The van der Waals surface area contributed by atoms with Crippen molar-refractivity contribution in [2.45, 2.75) is 17.1 Å². The fourth-order valence-corrected chi connectivity index (χ4v) is 4.70. The van der Waals surface area contributed by atoms with Crippen LogP contribution in [0.15, 0.2) is 114 Å². The van der Waals surface area contributed by atoms with Crippen molar-refractivity contribution in [3.05, 3.63) is 131 Å². The zero-order valence-electron chi connectivity index (χ0n) is 19.6. The molecule has 4 aromatic carbocycles. The van der Waals surface area contributed by atoms with E-state index in [-0.39, 0.29) is 11.8 Å². The van der Waals surface area contributed by atoms with Crippen molar-refractivity contribution in [1.29, 1.82) is 0 Å². The maximum absolute atomic E-state index is 13.3. The summed E-state index contributed by atoms with van der Waals surface area (Å²) in [5, 5.41) is 5.98. The van der Waals surface area contributed by atoms with E-state index in [0.29, 0.717) is 16.4 Å². The molecule has 180 valence electrons. The molecule has 0 radical (unpaired) electrons. The first-order valence-corrected chi connectivity index (χ1v) is 12.7. The number of benzene rings is 4. The lowest BCUT2D eigenvalue weighted by atomic mass is 10.1. The molecule has 0 saturated carbocycles. The van der Waals surface area contributed by atoms with Crippen LogP contribution in [0.4, 0.5) is 11.4 Å². The van der Waals surface area contributed by atoms with Crippen LogP contribution in [0.5, 0.6) is 0 Å². The topological polar surface area (TPSA) is 58.2 Å². The third-order valence-corrected chi connectivity index (χ3v) is 6.90. The van der Waals surface area contributed by atoms with Crippen LogP contribution in [0.1, 0.15) is 21.9 Å². The normalized spacial score (nSPS) is 11.7. The van der Waals surface area contributed by atoms with Crippen LogP contribution >= 0.6 is 23.4 Å². The van der Waals surface area contributed by atoms with Gasteiger partial charge in [0, 0.05) is 27.4 Å². The highest BCUT2D eigenvalue weighted by molar-refractivity contribution is 8.00. The number of nitrogens with one attached hydrogen (secondary N) is 2. The second-order valence-electron chi connectivity index (χ2n) is 8.11. The third-order valence-electron chi connectivity index (χ3n) is 5.40. The second kappa shape index (κ2) is 12.2. The molecule has 0 aliphatic rings. The van der Waals surface area contributed by atoms with Crippen LogP contribution in [0.25, 0.3) is 6.08 Å². The lowest BCUT2D eigenvalue weighted by Crippen LogP contribution is -2.19. The molecule has 4 nitrogen and oxygen atoms in total. The highest BCUT2D eigenvalue weighted by Crippen LogP contribution is 2.37. The minimum absolute atomic E-state index is 0.139. The largest absolute Gasteiger partial charge is 0.325 e. The summed E-state index contributed by atoms with van der Waals surface area (Å²) in [4.78, 5) is 26.5. The number of anilines is 2. The molecule has 0 fully saturated rings. The standard InChI is InChI=1S/C30H25ClN2O2S/c1-21-12-14-24(31)20-27(21)33-30(35)29(23-10-6-3-7-11-23)36-26-17-15-25(16-18-26)32-28(34)19-13-22-8-4-2-5-9-22/h2-20,29H,1H3,(H,32,34)(H,33,35)/b19-13+. The second-order valence-corrected chi connectivity index (χ2v) is 9.73. The average Bonchev–Trinajstić information content (AvgIpc) is 2.90. The number of hydrogen-bond acceptors (Lipinski definition) is 3. The highest BCUT2D eigenvalue weighted by atomic mass is 35.5. The fourth-order valence-electron chi connectivity index (χ4n) is 3.50. The van der Waals surface area contributed by atoms with Crippen molar-refractivity contribution in [1.82, 2.24) is 0 Å². The maximum atomic E-state index is 13.3. The summed E-state index contributed by atoms with van der Waals surface area (Å²) in [6.07, 6.45) is 3.27. The van der Waals surface area contributed by atoms with Gasteiger partial charge in [-0.3, -0.25) is 9.59 Å². The molecular formula is C30H25ClN2O2S. The van der Waals surface area contributed by atoms with Crippen LogP contribution in [-0.2, 0) is 9.59 Å². The molecule has 0 heterocycles. The molecule has 1 atom stereocenters. The number of hydrogen-bond donors (Lipinski definition) is 2. The van der Waals surface area contributed by atoms with Crippen molar-refractivity contribution in [2.75, 3.05) is 10.6 Å². The van der Waals surface area contributed by atoms with E-state index in [1.54, 1.807) is 18.2 Å². The quantitative estimate of drug-likeness (QED) is 0.187. The maximum Gasteiger partial charge on any atom is 0.248 e. The summed E-state index contributed by atoms with van der Waals surface area (Å²) in [5.41, 5.74) is 4.15. The molecule has 0 saturated heterocycles. The van der Waals surface area contributed by atoms with E-state index < -0.39 is 5.25 Å². The van der Waals surface area contributed by atoms with Crippen LogP contribution < -0.4 is 10.6 Å². The molecule has 6 heteroatoms. The number of carbonyl (C=O) groups excluding carboxylic acids is 2. The Morgan fingerprint density at radius 1 is 0.833 bits per heavy atom. The van der Waals surface area contributed by atoms with Crippen molar-refractivity contribution >= 4 is 52.6 Å². The Balaban J connectivity index is 1.45. The Morgan fingerprint density at radius 2 is 1.50 bits per heavy atom. The Hall–Kier alpha value is -3.80. The summed E-state index contributed by atoms with van der Waals surface area (Å²) in [6, 6.07) is 32.2.